The van der Waals surface area contributed by atoms with Gasteiger partial charge in [0.25, 0.3) is 0 Å². The van der Waals surface area contributed by atoms with Crippen LogP contribution < -0.4 is 0 Å². The van der Waals surface area contributed by atoms with Gasteiger partial charge in [-0.3, -0.25) is 4.79 Å². The quantitative estimate of drug-likeness (QED) is 0.368. The molecule has 0 spiro atoms. The fourth-order valence-electron chi connectivity index (χ4n) is 0.268. The van der Waals surface area contributed by atoms with E-state index in [4.69, 9.17) is 0 Å². The van der Waals surface area contributed by atoms with Crippen molar-refractivity contribution in [2.24, 2.45) is 0 Å². The average Bonchev–Trinajstić information content (AvgIpc) is 1.80. The topological polar surface area (TPSA) is 20.3 Å². The Hall–Kier alpha value is -1.23. The largest absolute Gasteiger partial charge is 0.383 e. The maximum Gasteiger partial charge on any atom is 0.193 e. The van der Waals surface area contributed by atoms with Crippen molar-refractivity contribution in [3.05, 3.63) is 12.3 Å². The van der Waals surface area contributed by atoms with Gasteiger partial charge in [-0.1, -0.05) is 5.92 Å². The lowest BCUT2D eigenvalue weighted by atomic mass is 10.5. The van der Waals surface area contributed by atoms with Gasteiger partial charge in [-0.2, -0.15) is 0 Å². The predicted molar refractivity (Wildman–Crippen MR) is 36.7 cm³/mol. The molecule has 0 saturated carbocycles. The molecule has 0 N–H and O–H groups in total. The van der Waals surface area contributed by atoms with E-state index in [0.717, 1.165) is 0 Å². The van der Waals surface area contributed by atoms with Crippen LogP contribution >= 0.6 is 0 Å². The van der Waals surface area contributed by atoms with Gasteiger partial charge in [0.05, 0.1) is 0 Å². The Morgan fingerprint density at radius 2 is 2.00 bits per heavy atom. The molecule has 0 aliphatic heterocycles. The number of aldehydes is 1. The summed E-state index contributed by atoms with van der Waals surface area (Å²) in [4.78, 5) is 11.5. The van der Waals surface area contributed by atoms with Gasteiger partial charge in [-0.25, -0.2) is 0 Å². The van der Waals surface area contributed by atoms with Gasteiger partial charge < -0.3 is 4.90 Å². The van der Waals surface area contributed by atoms with Crippen LogP contribution in [0.25, 0.3) is 0 Å². The van der Waals surface area contributed by atoms with Gasteiger partial charge in [0, 0.05) is 26.4 Å². The Kier molecular flexibility index (Phi) is 4.25. The summed E-state index contributed by atoms with van der Waals surface area (Å²) in [6, 6.07) is 0. The first-order valence-corrected chi connectivity index (χ1v) is 2.55. The van der Waals surface area contributed by atoms with E-state index in [0.29, 0.717) is 6.29 Å². The smallest absolute Gasteiger partial charge is 0.193 e. The summed E-state index contributed by atoms with van der Waals surface area (Å²) < 4.78 is 0. The number of carbonyl (C=O) groups excluding carboxylic acids is 1. The molecule has 0 aliphatic carbocycles. The van der Waals surface area contributed by atoms with Crippen LogP contribution in [-0.2, 0) is 4.79 Å². The average molecular weight is 123 g/mol. The minimum absolute atomic E-state index is 0.569. The van der Waals surface area contributed by atoms with E-state index in [9.17, 15) is 4.79 Å². The molecule has 0 radical (unpaired) electrons. The molecule has 48 valence electrons. The highest BCUT2D eigenvalue weighted by Crippen LogP contribution is 1.73. The Bertz CT molecular complexity index is 159. The zero-order valence-corrected chi connectivity index (χ0v) is 5.59. The van der Waals surface area contributed by atoms with E-state index in [-0.39, 0.29) is 0 Å². The highest BCUT2D eigenvalue weighted by molar-refractivity contribution is 5.73. The summed E-state index contributed by atoms with van der Waals surface area (Å²) >= 11 is 0. The van der Waals surface area contributed by atoms with E-state index < -0.39 is 0 Å². The Labute approximate surface area is 55.2 Å². The molecule has 9 heavy (non-hydrogen) atoms. The fraction of sp³-hybridized carbons (Fsp3) is 0.286. The van der Waals surface area contributed by atoms with Gasteiger partial charge >= 0.3 is 0 Å². The lowest BCUT2D eigenvalue weighted by Crippen LogP contribution is -1.99. The fourth-order valence-corrected chi connectivity index (χ4v) is 0.268. The van der Waals surface area contributed by atoms with Crippen LogP contribution in [0.5, 0.6) is 0 Å². The number of allylic oxidation sites excluding steroid dienone is 1. The lowest BCUT2D eigenvalue weighted by molar-refractivity contribution is -0.103. The van der Waals surface area contributed by atoms with Crippen molar-refractivity contribution in [3.8, 4) is 11.8 Å². The van der Waals surface area contributed by atoms with E-state index in [1.54, 1.807) is 12.3 Å². The van der Waals surface area contributed by atoms with Gasteiger partial charge in [0.15, 0.2) is 6.29 Å². The minimum atomic E-state index is 0.569. The molecule has 2 nitrogen and oxygen atoms in total. The van der Waals surface area contributed by atoms with E-state index in [1.807, 2.05) is 19.0 Å². The molecule has 0 aromatic heterocycles. The highest BCUT2D eigenvalue weighted by atomic mass is 16.1. The summed E-state index contributed by atoms with van der Waals surface area (Å²) in [5.41, 5.74) is 0. The SMILES string of the molecule is CN(C)/C=C/C#CC=O. The van der Waals surface area contributed by atoms with Gasteiger partial charge in [0.2, 0.25) is 0 Å². The first-order chi connectivity index (χ1) is 4.27. The molecule has 0 heterocycles. The van der Waals surface area contributed by atoms with E-state index in [2.05, 4.69) is 11.8 Å². The molecule has 0 aliphatic rings. The van der Waals surface area contributed by atoms with Crippen molar-refractivity contribution in [3.63, 3.8) is 0 Å². The molecular weight excluding hydrogens is 114 g/mol. The van der Waals surface area contributed by atoms with Crippen LogP contribution in [0.4, 0.5) is 0 Å². The highest BCUT2D eigenvalue weighted by Gasteiger charge is 1.69. The van der Waals surface area contributed by atoms with Crippen LogP contribution in [0, 0.1) is 11.8 Å². The molecule has 0 unspecified atom stereocenters. The standard InChI is InChI=1S/C7H9NO/c1-8(2)6-4-3-5-7-9/h4,6-7H,1-2H3/b6-4+. The molecule has 2 heteroatoms. The molecule has 0 aromatic carbocycles. The second kappa shape index (κ2) is 4.92. The summed E-state index contributed by atoms with van der Waals surface area (Å²) in [6.07, 6.45) is 3.96. The van der Waals surface area contributed by atoms with Crippen molar-refractivity contribution < 1.29 is 4.79 Å². The summed E-state index contributed by atoms with van der Waals surface area (Å²) in [5, 5.41) is 0. The van der Waals surface area contributed by atoms with Crippen molar-refractivity contribution in [2.75, 3.05) is 14.1 Å². The number of nitrogens with zero attached hydrogens (tertiary/aromatic N) is 1. The molecule has 0 fully saturated rings. The van der Waals surface area contributed by atoms with Gasteiger partial charge in [-0.15, -0.1) is 0 Å². The molecule has 0 bridgehead atoms. The second-order valence-corrected chi connectivity index (χ2v) is 1.69. The number of hydrogen-bond donors (Lipinski definition) is 0. The Morgan fingerprint density at radius 1 is 1.33 bits per heavy atom. The minimum Gasteiger partial charge on any atom is -0.383 e. The van der Waals surface area contributed by atoms with Crippen LogP contribution in [0.15, 0.2) is 12.3 Å². The maximum atomic E-state index is 9.63. The third-order valence-corrected chi connectivity index (χ3v) is 0.598. The maximum absolute atomic E-state index is 9.63. The predicted octanol–water partition coefficient (Wildman–Crippen LogP) is 0.264. The second-order valence-electron chi connectivity index (χ2n) is 1.69. The van der Waals surface area contributed by atoms with E-state index >= 15 is 0 Å². The van der Waals surface area contributed by atoms with Crippen molar-refractivity contribution in [1.29, 1.82) is 0 Å². The summed E-state index contributed by atoms with van der Waals surface area (Å²) in [5.74, 6) is 4.79. The molecule has 0 atom stereocenters. The van der Waals surface area contributed by atoms with Crippen LogP contribution in [0.3, 0.4) is 0 Å². The third kappa shape index (κ3) is 6.77. The summed E-state index contributed by atoms with van der Waals surface area (Å²) in [7, 11) is 3.78. The molecule has 0 aromatic rings. The first kappa shape index (κ1) is 7.77. The summed E-state index contributed by atoms with van der Waals surface area (Å²) in [6.45, 7) is 0. The molecule has 0 amide bonds. The van der Waals surface area contributed by atoms with Crippen LogP contribution in [-0.4, -0.2) is 25.3 Å². The zero-order chi connectivity index (χ0) is 7.11. The Morgan fingerprint density at radius 3 is 2.44 bits per heavy atom. The molecule has 0 rings (SSSR count). The monoisotopic (exact) mass is 123 g/mol. The van der Waals surface area contributed by atoms with Gasteiger partial charge in [-0.05, 0) is 5.92 Å². The first-order valence-electron chi connectivity index (χ1n) is 2.55. The number of hydrogen-bond acceptors (Lipinski definition) is 2. The van der Waals surface area contributed by atoms with Crippen LogP contribution in [0.2, 0.25) is 0 Å². The lowest BCUT2D eigenvalue weighted by Gasteiger charge is -1.99. The zero-order valence-electron chi connectivity index (χ0n) is 5.59. The van der Waals surface area contributed by atoms with Crippen molar-refractivity contribution >= 4 is 6.29 Å². The molecule has 0 saturated heterocycles. The number of rotatable bonds is 1. The van der Waals surface area contributed by atoms with Crippen molar-refractivity contribution in [1.82, 2.24) is 4.90 Å². The van der Waals surface area contributed by atoms with E-state index in [1.165, 1.54) is 0 Å². The number of carbonyl (C=O) groups is 1. The Balaban J connectivity index is 3.59. The van der Waals surface area contributed by atoms with Crippen molar-refractivity contribution in [2.45, 2.75) is 0 Å². The normalized spacial score (nSPS) is 8.22. The van der Waals surface area contributed by atoms with Crippen LogP contribution in [0.1, 0.15) is 0 Å². The third-order valence-electron chi connectivity index (χ3n) is 0.598. The molecular formula is C7H9NO. The van der Waals surface area contributed by atoms with Gasteiger partial charge in [0.1, 0.15) is 0 Å².